The van der Waals surface area contributed by atoms with Crippen LogP contribution in [0, 0.1) is 0 Å². The molecule has 19 heavy (non-hydrogen) atoms. The van der Waals surface area contributed by atoms with Gasteiger partial charge in [0.1, 0.15) is 0 Å². The highest BCUT2D eigenvalue weighted by molar-refractivity contribution is 5.49. The molecule has 0 amide bonds. The van der Waals surface area contributed by atoms with Gasteiger partial charge in [-0.1, -0.05) is 6.07 Å². The van der Waals surface area contributed by atoms with Crippen molar-refractivity contribution in [3.8, 4) is 17.2 Å². The Labute approximate surface area is 103 Å². The first kappa shape index (κ1) is 15.3. The van der Waals surface area contributed by atoms with Crippen LogP contribution in [0.2, 0.25) is 0 Å². The third-order valence-corrected chi connectivity index (χ3v) is 1.74. The van der Waals surface area contributed by atoms with Gasteiger partial charge in [0.15, 0.2) is 24.7 Å². The summed E-state index contributed by atoms with van der Waals surface area (Å²) in [5, 5.41) is 9.40. The summed E-state index contributed by atoms with van der Waals surface area (Å²) in [4.78, 5) is 0. The van der Waals surface area contributed by atoms with Crippen molar-refractivity contribution in [3.05, 3.63) is 18.2 Å². The minimum absolute atomic E-state index is 0.614. The van der Waals surface area contributed by atoms with Gasteiger partial charge in [-0.25, -0.2) is 0 Å². The molecule has 3 nitrogen and oxygen atoms in total. The monoisotopic (exact) mass is 290 g/mol. The van der Waals surface area contributed by atoms with E-state index in [0.717, 1.165) is 18.2 Å². The number of para-hydroxylation sites is 1. The van der Waals surface area contributed by atoms with Crippen molar-refractivity contribution in [1.82, 2.24) is 0 Å². The number of ether oxygens (including phenoxy) is 2. The van der Waals surface area contributed by atoms with Gasteiger partial charge in [-0.2, -0.15) is 26.3 Å². The molecular formula is C10H8F6O3. The molecule has 0 radical (unpaired) electrons. The van der Waals surface area contributed by atoms with Crippen LogP contribution in [0.25, 0.3) is 0 Å². The van der Waals surface area contributed by atoms with E-state index in [1.807, 2.05) is 0 Å². The number of aromatic hydroxyl groups is 1. The number of phenols is 1. The summed E-state index contributed by atoms with van der Waals surface area (Å²) in [5.41, 5.74) is 0. The van der Waals surface area contributed by atoms with Crippen molar-refractivity contribution < 1.29 is 40.9 Å². The Hall–Kier alpha value is -1.80. The molecule has 1 rings (SSSR count). The predicted octanol–water partition coefficient (Wildman–Crippen LogP) is 3.27. The summed E-state index contributed by atoms with van der Waals surface area (Å²) in [6, 6.07) is 3.04. The smallest absolute Gasteiger partial charge is 0.422 e. The summed E-state index contributed by atoms with van der Waals surface area (Å²) in [7, 11) is 0. The fourth-order valence-electron chi connectivity index (χ4n) is 1.05. The van der Waals surface area contributed by atoms with Crippen molar-refractivity contribution >= 4 is 0 Å². The second-order valence-corrected chi connectivity index (χ2v) is 3.41. The average Bonchev–Trinajstić information content (AvgIpc) is 2.23. The largest absolute Gasteiger partial charge is 0.502 e. The lowest BCUT2D eigenvalue weighted by atomic mass is 10.3. The van der Waals surface area contributed by atoms with E-state index in [-0.39, 0.29) is 0 Å². The number of hydrogen-bond acceptors (Lipinski definition) is 3. The van der Waals surface area contributed by atoms with Crippen LogP contribution in [0.3, 0.4) is 0 Å². The van der Waals surface area contributed by atoms with Crippen molar-refractivity contribution in [2.75, 3.05) is 13.2 Å². The maximum Gasteiger partial charge on any atom is 0.422 e. The molecule has 0 bridgehead atoms. The molecule has 0 heterocycles. The molecule has 0 spiro atoms. The summed E-state index contributed by atoms with van der Waals surface area (Å²) >= 11 is 0. The van der Waals surface area contributed by atoms with Crippen LogP contribution in [0.5, 0.6) is 17.2 Å². The fraction of sp³-hybridized carbons (Fsp3) is 0.400. The maximum atomic E-state index is 11.9. The van der Waals surface area contributed by atoms with Crippen molar-refractivity contribution in [3.63, 3.8) is 0 Å². The van der Waals surface area contributed by atoms with Gasteiger partial charge in [0.25, 0.3) is 0 Å². The molecule has 0 saturated heterocycles. The lowest BCUT2D eigenvalue weighted by Gasteiger charge is -2.14. The van der Waals surface area contributed by atoms with Gasteiger partial charge in [0.2, 0.25) is 5.75 Å². The SMILES string of the molecule is Oc1c(OCC(F)(F)F)cccc1OCC(F)(F)F. The molecule has 1 aromatic rings. The molecule has 0 aliphatic rings. The standard InChI is InChI=1S/C10H8F6O3/c11-9(12,13)4-18-6-2-1-3-7(8(6)17)19-5-10(14,15)16/h1-3,17H,4-5H2. The Bertz CT molecular complexity index is 390. The summed E-state index contributed by atoms with van der Waals surface area (Å²) in [6.07, 6.45) is -9.26. The van der Waals surface area contributed by atoms with Gasteiger partial charge in [-0.3, -0.25) is 0 Å². The predicted molar refractivity (Wildman–Crippen MR) is 51.2 cm³/mol. The molecule has 0 saturated carbocycles. The Morgan fingerprint density at radius 3 is 1.53 bits per heavy atom. The first-order chi connectivity index (χ1) is 8.58. The Kier molecular flexibility index (Phi) is 4.38. The first-order valence-corrected chi connectivity index (χ1v) is 4.79. The molecule has 0 aromatic heterocycles. The van der Waals surface area contributed by atoms with E-state index < -0.39 is 42.8 Å². The Morgan fingerprint density at radius 2 is 1.21 bits per heavy atom. The maximum absolute atomic E-state index is 11.9. The lowest BCUT2D eigenvalue weighted by molar-refractivity contribution is -0.154. The molecule has 0 fully saturated rings. The lowest BCUT2D eigenvalue weighted by Crippen LogP contribution is -2.20. The van der Waals surface area contributed by atoms with E-state index >= 15 is 0 Å². The fourth-order valence-corrected chi connectivity index (χ4v) is 1.05. The highest BCUT2D eigenvalue weighted by Gasteiger charge is 2.30. The summed E-state index contributed by atoms with van der Waals surface area (Å²) in [6.45, 7) is -3.35. The zero-order chi connectivity index (χ0) is 14.7. The number of hydrogen-bond donors (Lipinski definition) is 1. The molecule has 1 aromatic carbocycles. The normalized spacial score (nSPS) is 12.3. The van der Waals surface area contributed by atoms with Crippen molar-refractivity contribution in [2.24, 2.45) is 0 Å². The first-order valence-electron chi connectivity index (χ1n) is 4.79. The highest BCUT2D eigenvalue weighted by Crippen LogP contribution is 2.37. The minimum Gasteiger partial charge on any atom is -0.502 e. The molecular weight excluding hydrogens is 282 g/mol. The molecule has 0 aliphatic heterocycles. The number of rotatable bonds is 4. The summed E-state index contributed by atoms with van der Waals surface area (Å²) in [5.74, 6) is -2.15. The van der Waals surface area contributed by atoms with Crippen LogP contribution in [0.4, 0.5) is 26.3 Å². The van der Waals surface area contributed by atoms with Crippen LogP contribution < -0.4 is 9.47 Å². The van der Waals surface area contributed by atoms with E-state index in [1.54, 1.807) is 0 Å². The van der Waals surface area contributed by atoms with E-state index in [9.17, 15) is 31.4 Å². The second kappa shape index (κ2) is 5.45. The molecule has 108 valence electrons. The van der Waals surface area contributed by atoms with Gasteiger partial charge >= 0.3 is 12.4 Å². The quantitative estimate of drug-likeness (QED) is 0.865. The van der Waals surface area contributed by atoms with E-state index in [4.69, 9.17) is 0 Å². The van der Waals surface area contributed by atoms with Gasteiger partial charge in [0, 0.05) is 0 Å². The Balaban J connectivity index is 2.75. The van der Waals surface area contributed by atoms with Gasteiger partial charge in [-0.15, -0.1) is 0 Å². The summed E-state index contributed by atoms with van der Waals surface area (Å²) < 4.78 is 79.8. The molecule has 0 atom stereocenters. The van der Waals surface area contributed by atoms with Gasteiger partial charge in [0.05, 0.1) is 0 Å². The van der Waals surface area contributed by atoms with Crippen LogP contribution in [-0.2, 0) is 0 Å². The topological polar surface area (TPSA) is 38.7 Å². The van der Waals surface area contributed by atoms with Crippen molar-refractivity contribution in [2.45, 2.75) is 12.4 Å². The number of benzene rings is 1. The van der Waals surface area contributed by atoms with Crippen LogP contribution in [0.1, 0.15) is 0 Å². The molecule has 1 N–H and O–H groups in total. The molecule has 0 aliphatic carbocycles. The Morgan fingerprint density at radius 1 is 0.842 bits per heavy atom. The van der Waals surface area contributed by atoms with E-state index in [0.29, 0.717) is 0 Å². The van der Waals surface area contributed by atoms with Crippen LogP contribution in [-0.4, -0.2) is 30.7 Å². The molecule has 9 heteroatoms. The zero-order valence-corrected chi connectivity index (χ0v) is 9.18. The minimum atomic E-state index is -4.63. The number of alkyl halides is 6. The average molecular weight is 290 g/mol. The zero-order valence-electron chi connectivity index (χ0n) is 9.18. The van der Waals surface area contributed by atoms with E-state index in [2.05, 4.69) is 9.47 Å². The van der Waals surface area contributed by atoms with Crippen LogP contribution >= 0.6 is 0 Å². The number of halogens is 6. The van der Waals surface area contributed by atoms with Crippen molar-refractivity contribution in [1.29, 1.82) is 0 Å². The van der Waals surface area contributed by atoms with Crippen LogP contribution in [0.15, 0.2) is 18.2 Å². The number of phenolic OH excluding ortho intramolecular Hbond substituents is 1. The third-order valence-electron chi connectivity index (χ3n) is 1.74. The third kappa shape index (κ3) is 5.58. The van der Waals surface area contributed by atoms with Gasteiger partial charge < -0.3 is 14.6 Å². The molecule has 0 unspecified atom stereocenters. The van der Waals surface area contributed by atoms with Gasteiger partial charge in [-0.05, 0) is 12.1 Å². The second-order valence-electron chi connectivity index (χ2n) is 3.41. The highest BCUT2D eigenvalue weighted by atomic mass is 19.4. The van der Waals surface area contributed by atoms with E-state index in [1.165, 1.54) is 0 Å².